The van der Waals surface area contributed by atoms with Crippen LogP contribution in [-0.2, 0) is 22.9 Å². The number of aryl methyl sites for hydroxylation is 2. The summed E-state index contributed by atoms with van der Waals surface area (Å²) >= 11 is 0. The number of carbonyl (C=O) groups excluding carboxylic acids is 1. The Bertz CT molecular complexity index is 1130. The van der Waals surface area contributed by atoms with Crippen molar-refractivity contribution in [3.05, 3.63) is 64.8 Å². The average Bonchev–Trinajstić information content (AvgIpc) is 2.95. The fourth-order valence-electron chi connectivity index (χ4n) is 3.46. The normalized spacial score (nSPS) is 11.7. The SMILES string of the molecule is CCn1c(C)c(C)c2cc(C(=O)NCc3ccc(S(=O)(=O)CC)cc3)ccc21. The Morgan fingerprint density at radius 1 is 1.04 bits per heavy atom. The molecule has 0 saturated heterocycles. The van der Waals surface area contributed by atoms with Crippen molar-refractivity contribution in [2.75, 3.05) is 5.75 Å². The third-order valence-electron chi connectivity index (χ3n) is 5.33. The van der Waals surface area contributed by atoms with Gasteiger partial charge in [0, 0.05) is 35.2 Å². The van der Waals surface area contributed by atoms with E-state index < -0.39 is 9.84 Å². The fourth-order valence-corrected chi connectivity index (χ4v) is 4.35. The molecule has 6 heteroatoms. The van der Waals surface area contributed by atoms with Crippen molar-refractivity contribution in [2.24, 2.45) is 0 Å². The molecular formula is C22H26N2O3S. The molecule has 0 aliphatic heterocycles. The summed E-state index contributed by atoms with van der Waals surface area (Å²) in [7, 11) is -3.21. The molecule has 0 aliphatic carbocycles. The van der Waals surface area contributed by atoms with Gasteiger partial charge in [0.2, 0.25) is 0 Å². The molecule has 0 bridgehead atoms. The molecule has 0 atom stereocenters. The van der Waals surface area contributed by atoms with Crippen LogP contribution in [0.15, 0.2) is 47.4 Å². The highest BCUT2D eigenvalue weighted by atomic mass is 32.2. The molecule has 0 fully saturated rings. The molecule has 1 N–H and O–H groups in total. The van der Waals surface area contributed by atoms with Gasteiger partial charge in [0.1, 0.15) is 0 Å². The zero-order valence-corrected chi connectivity index (χ0v) is 17.6. The predicted octanol–water partition coefficient (Wildman–Crippen LogP) is 4.00. The number of sulfone groups is 1. The van der Waals surface area contributed by atoms with Gasteiger partial charge in [-0.2, -0.15) is 0 Å². The van der Waals surface area contributed by atoms with Gasteiger partial charge < -0.3 is 9.88 Å². The molecule has 0 radical (unpaired) electrons. The second kappa shape index (κ2) is 7.80. The van der Waals surface area contributed by atoms with Crippen molar-refractivity contribution in [1.29, 1.82) is 0 Å². The Morgan fingerprint density at radius 3 is 2.32 bits per heavy atom. The van der Waals surface area contributed by atoms with E-state index in [1.165, 1.54) is 11.3 Å². The highest BCUT2D eigenvalue weighted by molar-refractivity contribution is 7.91. The lowest BCUT2D eigenvalue weighted by atomic mass is 10.1. The zero-order valence-electron chi connectivity index (χ0n) is 16.7. The van der Waals surface area contributed by atoms with Crippen LogP contribution in [0.25, 0.3) is 10.9 Å². The maximum absolute atomic E-state index is 12.6. The number of hydrogen-bond acceptors (Lipinski definition) is 3. The molecule has 148 valence electrons. The maximum atomic E-state index is 12.6. The van der Waals surface area contributed by atoms with Gasteiger partial charge in [0.25, 0.3) is 5.91 Å². The Balaban J connectivity index is 1.76. The van der Waals surface area contributed by atoms with Crippen LogP contribution in [0.3, 0.4) is 0 Å². The minimum absolute atomic E-state index is 0.0736. The molecule has 1 heterocycles. The van der Waals surface area contributed by atoms with Crippen LogP contribution in [-0.4, -0.2) is 24.6 Å². The van der Waals surface area contributed by atoms with E-state index in [-0.39, 0.29) is 11.7 Å². The summed E-state index contributed by atoms with van der Waals surface area (Å²) in [6.45, 7) is 9.16. The second-order valence-electron chi connectivity index (χ2n) is 6.92. The number of nitrogens with zero attached hydrogens (tertiary/aromatic N) is 1. The van der Waals surface area contributed by atoms with Gasteiger partial charge in [-0.15, -0.1) is 0 Å². The number of aromatic nitrogens is 1. The van der Waals surface area contributed by atoms with Crippen LogP contribution in [0.1, 0.15) is 41.0 Å². The molecule has 1 aromatic heterocycles. The van der Waals surface area contributed by atoms with Gasteiger partial charge in [-0.25, -0.2) is 8.42 Å². The number of hydrogen-bond donors (Lipinski definition) is 1. The van der Waals surface area contributed by atoms with E-state index in [0.29, 0.717) is 17.0 Å². The molecule has 0 unspecified atom stereocenters. The quantitative estimate of drug-likeness (QED) is 0.682. The van der Waals surface area contributed by atoms with Gasteiger partial charge >= 0.3 is 0 Å². The Kier molecular flexibility index (Phi) is 5.61. The maximum Gasteiger partial charge on any atom is 0.251 e. The first-order chi connectivity index (χ1) is 13.3. The number of amides is 1. The number of nitrogens with one attached hydrogen (secondary N) is 1. The molecule has 2 aromatic carbocycles. The van der Waals surface area contributed by atoms with E-state index in [1.54, 1.807) is 31.2 Å². The highest BCUT2D eigenvalue weighted by Crippen LogP contribution is 2.26. The topological polar surface area (TPSA) is 68.2 Å². The summed E-state index contributed by atoms with van der Waals surface area (Å²) in [5, 5.41) is 4.01. The standard InChI is InChI=1S/C22H26N2O3S/c1-5-24-16(4)15(3)20-13-18(9-12-21(20)24)22(25)23-14-17-7-10-19(11-8-17)28(26,27)6-2/h7-13H,5-6,14H2,1-4H3,(H,23,25). The van der Waals surface area contributed by atoms with Gasteiger partial charge in [0.05, 0.1) is 10.6 Å². The van der Waals surface area contributed by atoms with Crippen LogP contribution in [0.4, 0.5) is 0 Å². The van der Waals surface area contributed by atoms with Crippen molar-refractivity contribution < 1.29 is 13.2 Å². The Labute approximate surface area is 166 Å². The average molecular weight is 399 g/mol. The molecule has 0 aliphatic rings. The van der Waals surface area contributed by atoms with E-state index in [0.717, 1.165) is 23.0 Å². The molecular weight excluding hydrogens is 372 g/mol. The Hall–Kier alpha value is -2.60. The summed E-state index contributed by atoms with van der Waals surface area (Å²) in [6, 6.07) is 12.4. The largest absolute Gasteiger partial charge is 0.348 e. The van der Waals surface area contributed by atoms with Crippen molar-refractivity contribution in [1.82, 2.24) is 9.88 Å². The van der Waals surface area contributed by atoms with Crippen molar-refractivity contribution in [3.63, 3.8) is 0 Å². The third-order valence-corrected chi connectivity index (χ3v) is 7.08. The molecule has 0 saturated carbocycles. The number of rotatable bonds is 6. The number of carbonyl (C=O) groups is 1. The molecule has 5 nitrogen and oxygen atoms in total. The molecule has 28 heavy (non-hydrogen) atoms. The molecule has 3 aromatic rings. The smallest absolute Gasteiger partial charge is 0.251 e. The lowest BCUT2D eigenvalue weighted by Crippen LogP contribution is -2.22. The summed E-state index contributed by atoms with van der Waals surface area (Å²) in [5.74, 6) is -0.0713. The van der Waals surface area contributed by atoms with Gasteiger partial charge in [-0.05, 0) is 62.2 Å². The van der Waals surface area contributed by atoms with E-state index in [2.05, 4.69) is 30.7 Å². The lowest BCUT2D eigenvalue weighted by molar-refractivity contribution is 0.0951. The number of fused-ring (bicyclic) bond motifs is 1. The van der Waals surface area contributed by atoms with Crippen molar-refractivity contribution in [3.8, 4) is 0 Å². The minimum atomic E-state index is -3.21. The van der Waals surface area contributed by atoms with Crippen LogP contribution >= 0.6 is 0 Å². The van der Waals surface area contributed by atoms with Crippen molar-refractivity contribution in [2.45, 2.75) is 45.7 Å². The summed E-state index contributed by atoms with van der Waals surface area (Å²) in [6.07, 6.45) is 0. The van der Waals surface area contributed by atoms with Gasteiger partial charge in [0.15, 0.2) is 9.84 Å². The monoisotopic (exact) mass is 398 g/mol. The number of benzene rings is 2. The predicted molar refractivity (Wildman–Crippen MR) is 112 cm³/mol. The lowest BCUT2D eigenvalue weighted by Gasteiger charge is -2.08. The fraction of sp³-hybridized carbons (Fsp3) is 0.318. The zero-order chi connectivity index (χ0) is 20.5. The van der Waals surface area contributed by atoms with Gasteiger partial charge in [-0.1, -0.05) is 19.1 Å². The molecule has 0 spiro atoms. The first-order valence-corrected chi connectivity index (χ1v) is 11.1. The van der Waals surface area contributed by atoms with E-state index in [1.807, 2.05) is 18.2 Å². The first kappa shape index (κ1) is 20.1. The van der Waals surface area contributed by atoms with E-state index >= 15 is 0 Å². The van der Waals surface area contributed by atoms with Crippen LogP contribution in [0, 0.1) is 13.8 Å². The second-order valence-corrected chi connectivity index (χ2v) is 9.19. The van der Waals surface area contributed by atoms with Crippen LogP contribution in [0.2, 0.25) is 0 Å². The molecule has 1 amide bonds. The Morgan fingerprint density at radius 2 is 1.71 bits per heavy atom. The van der Waals surface area contributed by atoms with E-state index in [9.17, 15) is 13.2 Å². The minimum Gasteiger partial charge on any atom is -0.348 e. The summed E-state index contributed by atoms with van der Waals surface area (Å²) in [5.41, 5.74) is 5.03. The summed E-state index contributed by atoms with van der Waals surface area (Å²) < 4.78 is 26.0. The van der Waals surface area contributed by atoms with E-state index in [4.69, 9.17) is 0 Å². The summed E-state index contributed by atoms with van der Waals surface area (Å²) in [4.78, 5) is 12.9. The van der Waals surface area contributed by atoms with Gasteiger partial charge in [-0.3, -0.25) is 4.79 Å². The third kappa shape index (κ3) is 3.69. The highest BCUT2D eigenvalue weighted by Gasteiger charge is 2.14. The van der Waals surface area contributed by atoms with Crippen molar-refractivity contribution >= 4 is 26.6 Å². The first-order valence-electron chi connectivity index (χ1n) is 9.47. The van der Waals surface area contributed by atoms with Crippen LogP contribution < -0.4 is 5.32 Å². The van der Waals surface area contributed by atoms with Crippen LogP contribution in [0.5, 0.6) is 0 Å². The molecule has 3 rings (SSSR count).